The Labute approximate surface area is 209 Å². The summed E-state index contributed by atoms with van der Waals surface area (Å²) in [5.41, 5.74) is 1.09. The summed E-state index contributed by atoms with van der Waals surface area (Å²) in [7, 11) is 0. The van der Waals surface area contributed by atoms with E-state index in [2.05, 4.69) is 34.6 Å². The van der Waals surface area contributed by atoms with Crippen molar-refractivity contribution < 1.29 is 19.3 Å². The molecule has 0 radical (unpaired) electrons. The van der Waals surface area contributed by atoms with E-state index in [-0.39, 0.29) is 36.0 Å². The molecule has 0 saturated carbocycles. The van der Waals surface area contributed by atoms with Gasteiger partial charge in [0.2, 0.25) is 0 Å². The van der Waals surface area contributed by atoms with Crippen LogP contribution in [0.2, 0.25) is 0 Å². The molecule has 32 heavy (non-hydrogen) atoms. The standard InChI is InChI=1S/C23H38N4O4.HI/c1-2-24-22(26-18-23(6-11-28)7-12-30-19-23)25-17-20-4-3-5-21(16-20)31-15-10-27-8-13-29-14-9-27;/h3-5,16,28H,2,6-15,17-19H2,1H3,(H2,24,25,26);1H. The third kappa shape index (κ3) is 9.01. The zero-order chi connectivity index (χ0) is 21.8. The van der Waals surface area contributed by atoms with Crippen LogP contribution in [-0.4, -0.2) is 88.3 Å². The lowest BCUT2D eigenvalue weighted by Crippen LogP contribution is -2.44. The van der Waals surface area contributed by atoms with Gasteiger partial charge in [-0.15, -0.1) is 24.0 Å². The Balaban J connectivity index is 0.00000363. The molecule has 2 aliphatic heterocycles. The van der Waals surface area contributed by atoms with Gasteiger partial charge in [-0.1, -0.05) is 12.1 Å². The van der Waals surface area contributed by atoms with Gasteiger partial charge in [-0.05, 0) is 37.5 Å². The van der Waals surface area contributed by atoms with Crippen molar-refractivity contribution in [3.63, 3.8) is 0 Å². The number of ether oxygens (including phenoxy) is 3. The predicted octanol–water partition coefficient (Wildman–Crippen LogP) is 1.86. The van der Waals surface area contributed by atoms with E-state index < -0.39 is 0 Å². The number of halogens is 1. The second-order valence-corrected chi connectivity index (χ2v) is 8.27. The highest BCUT2D eigenvalue weighted by molar-refractivity contribution is 14.0. The normalized spacial score (nSPS) is 21.8. The van der Waals surface area contributed by atoms with Crippen LogP contribution in [0.15, 0.2) is 29.3 Å². The van der Waals surface area contributed by atoms with Crippen LogP contribution in [-0.2, 0) is 16.0 Å². The number of aliphatic imine (C=N–C) groups is 1. The molecule has 2 heterocycles. The van der Waals surface area contributed by atoms with E-state index in [0.717, 1.165) is 82.7 Å². The van der Waals surface area contributed by atoms with Crippen molar-refractivity contribution in [3.8, 4) is 5.75 Å². The minimum atomic E-state index is -0.0147. The van der Waals surface area contributed by atoms with Crippen LogP contribution in [0, 0.1) is 5.41 Å². The second kappa shape index (κ2) is 14.9. The molecule has 8 nitrogen and oxygen atoms in total. The van der Waals surface area contributed by atoms with Crippen LogP contribution in [0.25, 0.3) is 0 Å². The number of hydrogen-bond donors (Lipinski definition) is 3. The van der Waals surface area contributed by atoms with Crippen molar-refractivity contribution in [2.45, 2.75) is 26.3 Å². The highest BCUT2D eigenvalue weighted by Gasteiger charge is 2.34. The first-order valence-electron chi connectivity index (χ1n) is 11.5. The minimum absolute atomic E-state index is 0. The number of aliphatic hydroxyl groups excluding tert-OH is 1. The van der Waals surface area contributed by atoms with Gasteiger partial charge < -0.3 is 30.0 Å². The average Bonchev–Trinajstić information content (AvgIpc) is 3.26. The molecule has 3 rings (SSSR count). The van der Waals surface area contributed by atoms with Gasteiger partial charge in [-0.2, -0.15) is 0 Å². The van der Waals surface area contributed by atoms with Gasteiger partial charge in [0.05, 0.1) is 26.4 Å². The lowest BCUT2D eigenvalue weighted by atomic mass is 9.84. The maximum absolute atomic E-state index is 9.42. The monoisotopic (exact) mass is 562 g/mol. The summed E-state index contributed by atoms with van der Waals surface area (Å²) >= 11 is 0. The van der Waals surface area contributed by atoms with Crippen molar-refractivity contribution >= 4 is 29.9 Å². The van der Waals surface area contributed by atoms with Crippen molar-refractivity contribution in [1.29, 1.82) is 0 Å². The first kappa shape index (κ1) is 27.1. The highest BCUT2D eigenvalue weighted by atomic mass is 127. The van der Waals surface area contributed by atoms with Gasteiger partial charge in [0.25, 0.3) is 0 Å². The Morgan fingerprint density at radius 3 is 2.78 bits per heavy atom. The molecule has 182 valence electrons. The Morgan fingerprint density at radius 2 is 2.06 bits per heavy atom. The number of nitrogens with zero attached hydrogens (tertiary/aromatic N) is 2. The fraction of sp³-hybridized carbons (Fsp3) is 0.696. The maximum Gasteiger partial charge on any atom is 0.191 e. The molecule has 2 saturated heterocycles. The smallest absolute Gasteiger partial charge is 0.191 e. The number of guanidine groups is 1. The SMILES string of the molecule is CCNC(=NCc1cccc(OCCN2CCOCC2)c1)NCC1(CCO)CCOC1.I. The zero-order valence-electron chi connectivity index (χ0n) is 19.2. The van der Waals surface area contributed by atoms with Crippen LogP contribution in [0.3, 0.4) is 0 Å². The van der Waals surface area contributed by atoms with Gasteiger partial charge in [0.1, 0.15) is 12.4 Å². The van der Waals surface area contributed by atoms with E-state index in [9.17, 15) is 5.11 Å². The molecule has 9 heteroatoms. The first-order chi connectivity index (χ1) is 15.2. The van der Waals surface area contributed by atoms with Crippen LogP contribution < -0.4 is 15.4 Å². The fourth-order valence-corrected chi connectivity index (χ4v) is 3.95. The minimum Gasteiger partial charge on any atom is -0.492 e. The third-order valence-electron chi connectivity index (χ3n) is 5.90. The van der Waals surface area contributed by atoms with Crippen molar-refractivity contribution in [2.75, 3.05) is 72.4 Å². The molecule has 0 aromatic heterocycles. The van der Waals surface area contributed by atoms with Crippen LogP contribution in [0.5, 0.6) is 5.75 Å². The predicted molar refractivity (Wildman–Crippen MR) is 137 cm³/mol. The molecule has 2 fully saturated rings. The number of rotatable bonds is 11. The second-order valence-electron chi connectivity index (χ2n) is 8.27. The Hall–Kier alpha value is -1.14. The third-order valence-corrected chi connectivity index (χ3v) is 5.90. The number of morpholine rings is 1. The van der Waals surface area contributed by atoms with Crippen LogP contribution in [0.4, 0.5) is 0 Å². The largest absolute Gasteiger partial charge is 0.492 e. The highest BCUT2D eigenvalue weighted by Crippen LogP contribution is 2.31. The van der Waals surface area contributed by atoms with Gasteiger partial charge in [0.15, 0.2) is 5.96 Å². The molecule has 0 bridgehead atoms. The van der Waals surface area contributed by atoms with Crippen molar-refractivity contribution in [2.24, 2.45) is 10.4 Å². The fourth-order valence-electron chi connectivity index (χ4n) is 3.95. The lowest BCUT2D eigenvalue weighted by Gasteiger charge is -2.27. The average molecular weight is 562 g/mol. The molecule has 2 aliphatic rings. The summed E-state index contributed by atoms with van der Waals surface area (Å²) in [6, 6.07) is 8.14. The summed E-state index contributed by atoms with van der Waals surface area (Å²) < 4.78 is 16.9. The molecule has 1 aromatic rings. The van der Waals surface area contributed by atoms with Crippen LogP contribution >= 0.6 is 24.0 Å². The summed E-state index contributed by atoms with van der Waals surface area (Å²) in [6.45, 7) is 10.9. The number of aliphatic hydroxyl groups is 1. The molecule has 1 aromatic carbocycles. The van der Waals surface area contributed by atoms with E-state index in [0.29, 0.717) is 19.8 Å². The topological polar surface area (TPSA) is 87.6 Å². The quantitative estimate of drug-likeness (QED) is 0.216. The number of hydrogen-bond acceptors (Lipinski definition) is 6. The van der Waals surface area contributed by atoms with Gasteiger partial charge in [-0.3, -0.25) is 4.90 Å². The van der Waals surface area contributed by atoms with Crippen molar-refractivity contribution in [3.05, 3.63) is 29.8 Å². The number of nitrogens with one attached hydrogen (secondary N) is 2. The van der Waals surface area contributed by atoms with E-state index >= 15 is 0 Å². The Bertz CT molecular complexity index is 680. The molecule has 1 unspecified atom stereocenters. The van der Waals surface area contributed by atoms with E-state index in [4.69, 9.17) is 19.2 Å². The molecular weight excluding hydrogens is 523 g/mol. The molecule has 0 amide bonds. The summed E-state index contributed by atoms with van der Waals surface area (Å²) in [4.78, 5) is 7.11. The van der Waals surface area contributed by atoms with Crippen molar-refractivity contribution in [1.82, 2.24) is 15.5 Å². The van der Waals surface area contributed by atoms with E-state index in [1.165, 1.54) is 0 Å². The van der Waals surface area contributed by atoms with Crippen LogP contribution in [0.1, 0.15) is 25.3 Å². The molecular formula is C23H39IN4O4. The Morgan fingerprint density at radius 1 is 1.22 bits per heavy atom. The maximum atomic E-state index is 9.42. The summed E-state index contributed by atoms with van der Waals surface area (Å²) in [5, 5.41) is 16.2. The first-order valence-corrected chi connectivity index (χ1v) is 11.5. The van der Waals surface area contributed by atoms with E-state index in [1.54, 1.807) is 0 Å². The molecule has 1 atom stereocenters. The molecule has 3 N–H and O–H groups in total. The molecule has 0 aliphatic carbocycles. The molecule has 0 spiro atoms. The lowest BCUT2D eigenvalue weighted by molar-refractivity contribution is 0.0322. The van der Waals surface area contributed by atoms with E-state index in [1.807, 2.05) is 12.1 Å². The van der Waals surface area contributed by atoms with Gasteiger partial charge >= 0.3 is 0 Å². The van der Waals surface area contributed by atoms with Gasteiger partial charge in [-0.25, -0.2) is 4.99 Å². The summed E-state index contributed by atoms with van der Waals surface area (Å²) in [5.74, 6) is 1.66. The van der Waals surface area contributed by atoms with Gasteiger partial charge in [0, 0.05) is 51.4 Å². The Kier molecular flexibility index (Phi) is 12.6. The number of benzene rings is 1. The summed E-state index contributed by atoms with van der Waals surface area (Å²) in [6.07, 6.45) is 1.70. The zero-order valence-corrected chi connectivity index (χ0v) is 21.5.